The number of halogens is 3. The summed E-state index contributed by atoms with van der Waals surface area (Å²) in [5, 5.41) is 8.64. The van der Waals surface area contributed by atoms with Gasteiger partial charge in [0.2, 0.25) is 0 Å². The number of aryl methyl sites for hydroxylation is 1. The second-order valence-corrected chi connectivity index (χ2v) is 2.60. The van der Waals surface area contributed by atoms with Crippen molar-refractivity contribution in [1.29, 1.82) is 0 Å². The van der Waals surface area contributed by atoms with Gasteiger partial charge in [0.25, 0.3) is 0 Å². The Balaban J connectivity index is 3.22. The molecule has 0 saturated heterocycles. The van der Waals surface area contributed by atoms with E-state index in [1.165, 1.54) is 6.07 Å². The molecular weight excluding hydrogens is 183 g/mol. The van der Waals surface area contributed by atoms with E-state index in [0.717, 1.165) is 6.07 Å². The molecule has 0 aliphatic carbocycles. The standard InChI is InChI=1S/C8H8F3NO/c1-5-2-3-6(8(9,10)11)7(4-13)12-5/h2-3,13H,4H2,1H3. The number of aliphatic hydroxyl groups is 1. The van der Waals surface area contributed by atoms with Crippen LogP contribution in [-0.2, 0) is 12.8 Å². The van der Waals surface area contributed by atoms with Crippen LogP contribution >= 0.6 is 0 Å². The van der Waals surface area contributed by atoms with Crippen molar-refractivity contribution in [3.8, 4) is 0 Å². The smallest absolute Gasteiger partial charge is 0.390 e. The van der Waals surface area contributed by atoms with E-state index < -0.39 is 18.3 Å². The topological polar surface area (TPSA) is 33.1 Å². The normalized spacial score (nSPS) is 11.8. The maximum atomic E-state index is 12.2. The lowest BCUT2D eigenvalue weighted by molar-refractivity contribution is -0.139. The van der Waals surface area contributed by atoms with Crippen molar-refractivity contribution in [2.75, 3.05) is 0 Å². The monoisotopic (exact) mass is 191 g/mol. The van der Waals surface area contributed by atoms with E-state index in [4.69, 9.17) is 5.11 Å². The van der Waals surface area contributed by atoms with Crippen molar-refractivity contribution in [3.63, 3.8) is 0 Å². The quantitative estimate of drug-likeness (QED) is 0.735. The zero-order chi connectivity index (χ0) is 10.1. The Labute approximate surface area is 73.0 Å². The molecule has 1 heterocycles. The Kier molecular flexibility index (Phi) is 2.56. The molecule has 72 valence electrons. The first-order chi connectivity index (χ1) is 5.95. The molecule has 5 heteroatoms. The first-order valence-corrected chi connectivity index (χ1v) is 3.59. The van der Waals surface area contributed by atoms with E-state index in [0.29, 0.717) is 5.69 Å². The molecule has 0 aliphatic heterocycles. The van der Waals surface area contributed by atoms with Crippen molar-refractivity contribution in [2.24, 2.45) is 0 Å². The molecule has 13 heavy (non-hydrogen) atoms. The van der Waals surface area contributed by atoms with Crippen molar-refractivity contribution in [2.45, 2.75) is 19.7 Å². The summed E-state index contributed by atoms with van der Waals surface area (Å²) in [5.41, 5.74) is -0.745. The third-order valence-electron chi connectivity index (χ3n) is 1.57. The van der Waals surface area contributed by atoms with Gasteiger partial charge in [0.1, 0.15) is 0 Å². The van der Waals surface area contributed by atoms with Crippen LogP contribution in [0.1, 0.15) is 17.0 Å². The zero-order valence-corrected chi connectivity index (χ0v) is 6.89. The van der Waals surface area contributed by atoms with E-state index in [9.17, 15) is 13.2 Å². The minimum Gasteiger partial charge on any atom is -0.390 e. The van der Waals surface area contributed by atoms with Gasteiger partial charge in [-0.25, -0.2) is 0 Å². The minimum absolute atomic E-state index is 0.326. The maximum absolute atomic E-state index is 12.2. The predicted octanol–water partition coefficient (Wildman–Crippen LogP) is 1.90. The fourth-order valence-corrected chi connectivity index (χ4v) is 0.989. The number of aliphatic hydroxyl groups excluding tert-OH is 1. The average Bonchev–Trinajstić information content (AvgIpc) is 2.01. The molecule has 0 unspecified atom stereocenters. The average molecular weight is 191 g/mol. The summed E-state index contributed by atoms with van der Waals surface area (Å²) in [6, 6.07) is 2.19. The van der Waals surface area contributed by atoms with Crippen LogP contribution in [0.4, 0.5) is 13.2 Å². The first kappa shape index (κ1) is 9.98. The van der Waals surface area contributed by atoms with Crippen LogP contribution in [0.2, 0.25) is 0 Å². The van der Waals surface area contributed by atoms with Gasteiger partial charge in [0, 0.05) is 5.69 Å². The Morgan fingerprint density at radius 1 is 1.38 bits per heavy atom. The van der Waals surface area contributed by atoms with Crippen LogP contribution in [0.3, 0.4) is 0 Å². The summed E-state index contributed by atoms with van der Waals surface area (Å²) < 4.78 is 36.6. The van der Waals surface area contributed by atoms with Crippen molar-refractivity contribution in [1.82, 2.24) is 4.98 Å². The number of alkyl halides is 3. The van der Waals surface area contributed by atoms with E-state index in [1.54, 1.807) is 6.92 Å². The second-order valence-electron chi connectivity index (χ2n) is 2.60. The number of hydrogen-bond acceptors (Lipinski definition) is 2. The highest BCUT2D eigenvalue weighted by atomic mass is 19.4. The van der Waals surface area contributed by atoms with Crippen LogP contribution < -0.4 is 0 Å². The highest BCUT2D eigenvalue weighted by Crippen LogP contribution is 2.31. The number of pyridine rings is 1. The fourth-order valence-electron chi connectivity index (χ4n) is 0.989. The zero-order valence-electron chi connectivity index (χ0n) is 6.89. The second kappa shape index (κ2) is 3.33. The van der Waals surface area contributed by atoms with Crippen molar-refractivity contribution >= 4 is 0 Å². The van der Waals surface area contributed by atoms with Gasteiger partial charge < -0.3 is 5.11 Å². The molecule has 1 rings (SSSR count). The molecule has 0 amide bonds. The summed E-state index contributed by atoms with van der Waals surface area (Å²) in [7, 11) is 0. The fraction of sp³-hybridized carbons (Fsp3) is 0.375. The third-order valence-corrected chi connectivity index (χ3v) is 1.57. The summed E-state index contributed by atoms with van der Waals surface area (Å²) >= 11 is 0. The van der Waals surface area contributed by atoms with Crippen LogP contribution in [0.5, 0.6) is 0 Å². The molecular formula is C8H8F3NO. The third kappa shape index (κ3) is 2.18. The van der Waals surface area contributed by atoms with Gasteiger partial charge in [-0.3, -0.25) is 4.98 Å². The minimum atomic E-state index is -4.45. The molecule has 0 fully saturated rings. The van der Waals surface area contributed by atoms with E-state index in [1.807, 2.05) is 0 Å². The van der Waals surface area contributed by atoms with E-state index in [2.05, 4.69) is 4.98 Å². The molecule has 0 bridgehead atoms. The van der Waals surface area contributed by atoms with Gasteiger partial charge in [-0.2, -0.15) is 13.2 Å². The van der Waals surface area contributed by atoms with Crippen molar-refractivity contribution in [3.05, 3.63) is 29.1 Å². The number of hydrogen-bond donors (Lipinski definition) is 1. The van der Waals surface area contributed by atoms with E-state index >= 15 is 0 Å². The molecule has 0 atom stereocenters. The Morgan fingerprint density at radius 2 is 2.00 bits per heavy atom. The van der Waals surface area contributed by atoms with Crippen LogP contribution in [0.15, 0.2) is 12.1 Å². The maximum Gasteiger partial charge on any atom is 0.418 e. The number of nitrogens with zero attached hydrogens (tertiary/aromatic N) is 1. The van der Waals surface area contributed by atoms with Gasteiger partial charge in [-0.05, 0) is 19.1 Å². The van der Waals surface area contributed by atoms with E-state index in [-0.39, 0.29) is 5.69 Å². The number of aromatic nitrogens is 1. The first-order valence-electron chi connectivity index (χ1n) is 3.59. The molecule has 1 aromatic heterocycles. The van der Waals surface area contributed by atoms with Gasteiger partial charge in [-0.15, -0.1) is 0 Å². The summed E-state index contributed by atoms with van der Waals surface area (Å²) in [4.78, 5) is 3.59. The van der Waals surface area contributed by atoms with Crippen LogP contribution in [0, 0.1) is 6.92 Å². The molecule has 0 saturated carbocycles. The lowest BCUT2D eigenvalue weighted by atomic mass is 10.2. The highest BCUT2D eigenvalue weighted by molar-refractivity contribution is 5.24. The Morgan fingerprint density at radius 3 is 2.46 bits per heavy atom. The van der Waals surface area contributed by atoms with Gasteiger partial charge >= 0.3 is 6.18 Å². The molecule has 0 aliphatic rings. The molecule has 1 aromatic rings. The largest absolute Gasteiger partial charge is 0.418 e. The molecule has 0 spiro atoms. The van der Waals surface area contributed by atoms with Crippen LogP contribution in [0.25, 0.3) is 0 Å². The molecule has 1 N–H and O–H groups in total. The van der Waals surface area contributed by atoms with Gasteiger partial charge in [0.05, 0.1) is 17.9 Å². The van der Waals surface area contributed by atoms with Crippen molar-refractivity contribution < 1.29 is 18.3 Å². The SMILES string of the molecule is Cc1ccc(C(F)(F)F)c(CO)n1. The summed E-state index contributed by atoms with van der Waals surface area (Å²) in [5.74, 6) is 0. The number of rotatable bonds is 1. The Hall–Kier alpha value is -1.10. The predicted molar refractivity (Wildman–Crippen MR) is 39.9 cm³/mol. The molecule has 2 nitrogen and oxygen atoms in total. The molecule has 0 radical (unpaired) electrons. The summed E-state index contributed by atoms with van der Waals surface area (Å²) in [6.07, 6.45) is -4.45. The van der Waals surface area contributed by atoms with Gasteiger partial charge in [0.15, 0.2) is 0 Å². The van der Waals surface area contributed by atoms with Crippen LogP contribution in [-0.4, -0.2) is 10.1 Å². The summed E-state index contributed by atoms with van der Waals surface area (Å²) in [6.45, 7) is 0.871. The lowest BCUT2D eigenvalue weighted by Crippen LogP contribution is -2.11. The Bertz CT molecular complexity index is 309. The molecule has 0 aromatic carbocycles. The highest BCUT2D eigenvalue weighted by Gasteiger charge is 2.33. The lowest BCUT2D eigenvalue weighted by Gasteiger charge is -2.10. The van der Waals surface area contributed by atoms with Gasteiger partial charge in [-0.1, -0.05) is 0 Å².